The minimum Gasteiger partial charge on any atom is -0.462 e. The van der Waals surface area contributed by atoms with Crippen LogP contribution in [0.1, 0.15) is 39.6 Å². The molecule has 1 aromatic heterocycles. The Balaban J connectivity index is 2.01. The summed E-state index contributed by atoms with van der Waals surface area (Å²) in [6.45, 7) is 4.26. The van der Waals surface area contributed by atoms with Crippen molar-refractivity contribution in [2.75, 3.05) is 11.9 Å². The summed E-state index contributed by atoms with van der Waals surface area (Å²) in [5.74, 6) is -0.488. The molecule has 0 radical (unpaired) electrons. The summed E-state index contributed by atoms with van der Waals surface area (Å²) in [5, 5.41) is 6.56. The lowest BCUT2D eigenvalue weighted by Crippen LogP contribution is -2.12. The molecule has 1 N–H and O–H groups in total. The average Bonchev–Trinajstić information content (AvgIpc) is 2.91. The number of thiophene rings is 1. The number of ether oxygens (including phenoxy) is 1. The van der Waals surface area contributed by atoms with Crippen molar-refractivity contribution in [2.45, 2.75) is 20.3 Å². The Bertz CT molecular complexity index is 631. The van der Waals surface area contributed by atoms with Crippen LogP contribution in [0, 0.1) is 6.92 Å². The highest BCUT2D eigenvalue weighted by molar-refractivity contribution is 7.08. The van der Waals surface area contributed by atoms with Gasteiger partial charge in [-0.3, -0.25) is 4.79 Å². The molecule has 1 heterocycles. The van der Waals surface area contributed by atoms with Gasteiger partial charge in [0.15, 0.2) is 0 Å². The first-order valence-electron chi connectivity index (χ1n) is 6.73. The van der Waals surface area contributed by atoms with Crippen molar-refractivity contribution in [3.05, 3.63) is 51.7 Å². The van der Waals surface area contributed by atoms with E-state index in [9.17, 15) is 9.59 Å². The molecule has 0 unspecified atom stereocenters. The van der Waals surface area contributed by atoms with Gasteiger partial charge in [0.2, 0.25) is 0 Å². The maximum absolute atomic E-state index is 12.1. The first kappa shape index (κ1) is 15.3. The Labute approximate surface area is 127 Å². The molecule has 0 fully saturated rings. The maximum atomic E-state index is 12.1. The van der Waals surface area contributed by atoms with Gasteiger partial charge >= 0.3 is 5.97 Å². The second-order valence-corrected chi connectivity index (χ2v) is 5.38. The van der Waals surface area contributed by atoms with Crippen LogP contribution in [-0.4, -0.2) is 18.5 Å². The van der Waals surface area contributed by atoms with Crippen LogP contribution in [0.2, 0.25) is 0 Å². The summed E-state index contributed by atoms with van der Waals surface area (Å²) >= 11 is 1.50. The highest BCUT2D eigenvalue weighted by Gasteiger charge is 2.11. The van der Waals surface area contributed by atoms with Gasteiger partial charge in [0.1, 0.15) is 0 Å². The largest absolute Gasteiger partial charge is 0.462 e. The summed E-state index contributed by atoms with van der Waals surface area (Å²) in [6.07, 6.45) is 0.792. The van der Waals surface area contributed by atoms with Gasteiger partial charge in [-0.25, -0.2) is 4.79 Å². The van der Waals surface area contributed by atoms with Crippen LogP contribution in [-0.2, 0) is 4.74 Å². The van der Waals surface area contributed by atoms with Gasteiger partial charge in [0.05, 0.1) is 17.7 Å². The fourth-order valence-corrected chi connectivity index (χ4v) is 2.59. The maximum Gasteiger partial charge on any atom is 0.338 e. The molecule has 2 aromatic rings. The summed E-state index contributed by atoms with van der Waals surface area (Å²) in [7, 11) is 0. The zero-order valence-electron chi connectivity index (χ0n) is 12.0. The monoisotopic (exact) mass is 303 g/mol. The number of hydrogen-bond donors (Lipinski definition) is 1. The van der Waals surface area contributed by atoms with Gasteiger partial charge in [-0.15, -0.1) is 0 Å². The number of anilines is 1. The number of aryl methyl sites for hydroxylation is 1. The van der Waals surface area contributed by atoms with Crippen molar-refractivity contribution in [1.82, 2.24) is 0 Å². The van der Waals surface area contributed by atoms with E-state index in [-0.39, 0.29) is 11.9 Å². The predicted molar refractivity (Wildman–Crippen MR) is 84.0 cm³/mol. The minimum absolute atomic E-state index is 0.143. The number of carbonyl (C=O) groups is 2. The fourth-order valence-electron chi connectivity index (χ4n) is 1.76. The van der Waals surface area contributed by atoms with Gasteiger partial charge in [0, 0.05) is 11.1 Å². The second-order valence-electron chi connectivity index (χ2n) is 4.64. The SMILES string of the molecule is CCCOC(=O)c1ccc(NC(=O)c2cscc2C)cc1. The topological polar surface area (TPSA) is 55.4 Å². The predicted octanol–water partition coefficient (Wildman–Crippen LogP) is 3.88. The van der Waals surface area contributed by atoms with Crippen LogP contribution < -0.4 is 5.32 Å². The lowest BCUT2D eigenvalue weighted by molar-refractivity contribution is 0.0505. The summed E-state index contributed by atoms with van der Waals surface area (Å²) in [6, 6.07) is 6.69. The van der Waals surface area contributed by atoms with Crippen molar-refractivity contribution in [2.24, 2.45) is 0 Å². The number of hydrogen-bond acceptors (Lipinski definition) is 4. The highest BCUT2D eigenvalue weighted by Crippen LogP contribution is 2.17. The van der Waals surface area contributed by atoms with E-state index in [4.69, 9.17) is 4.74 Å². The Morgan fingerprint density at radius 2 is 1.90 bits per heavy atom. The highest BCUT2D eigenvalue weighted by atomic mass is 32.1. The molecule has 1 amide bonds. The smallest absolute Gasteiger partial charge is 0.338 e. The average molecular weight is 303 g/mol. The second kappa shape index (κ2) is 7.04. The first-order valence-corrected chi connectivity index (χ1v) is 7.67. The Morgan fingerprint density at radius 3 is 2.48 bits per heavy atom. The fraction of sp³-hybridized carbons (Fsp3) is 0.250. The Morgan fingerprint density at radius 1 is 1.19 bits per heavy atom. The van der Waals surface area contributed by atoms with Gasteiger partial charge in [-0.1, -0.05) is 6.92 Å². The van der Waals surface area contributed by atoms with E-state index in [2.05, 4.69) is 5.32 Å². The number of amides is 1. The molecule has 110 valence electrons. The van der Waals surface area contributed by atoms with Crippen LogP contribution in [0.25, 0.3) is 0 Å². The van der Waals surface area contributed by atoms with E-state index < -0.39 is 0 Å². The zero-order chi connectivity index (χ0) is 15.2. The lowest BCUT2D eigenvalue weighted by atomic mass is 10.2. The molecule has 0 aliphatic carbocycles. The van der Waals surface area contributed by atoms with E-state index in [1.165, 1.54) is 11.3 Å². The number of esters is 1. The van der Waals surface area contributed by atoms with E-state index in [0.717, 1.165) is 12.0 Å². The molecule has 21 heavy (non-hydrogen) atoms. The Hall–Kier alpha value is -2.14. The first-order chi connectivity index (χ1) is 10.1. The molecular formula is C16H17NO3S. The van der Waals surface area contributed by atoms with E-state index >= 15 is 0 Å². The Kier molecular flexibility index (Phi) is 5.11. The molecule has 2 rings (SSSR count). The number of carbonyl (C=O) groups excluding carboxylic acids is 2. The van der Waals surface area contributed by atoms with Crippen molar-refractivity contribution < 1.29 is 14.3 Å². The molecule has 5 heteroatoms. The van der Waals surface area contributed by atoms with Crippen molar-refractivity contribution in [3.8, 4) is 0 Å². The van der Waals surface area contributed by atoms with Gasteiger partial charge < -0.3 is 10.1 Å². The molecule has 4 nitrogen and oxygen atoms in total. The minimum atomic E-state index is -0.344. The third-order valence-electron chi connectivity index (χ3n) is 2.92. The zero-order valence-corrected chi connectivity index (χ0v) is 12.8. The molecule has 0 saturated heterocycles. The molecule has 0 saturated carbocycles. The number of benzene rings is 1. The molecule has 0 aliphatic heterocycles. The van der Waals surface area contributed by atoms with E-state index in [1.807, 2.05) is 24.6 Å². The third kappa shape index (κ3) is 3.92. The van der Waals surface area contributed by atoms with Crippen LogP contribution in [0.5, 0.6) is 0 Å². The lowest BCUT2D eigenvalue weighted by Gasteiger charge is -2.06. The van der Waals surface area contributed by atoms with E-state index in [1.54, 1.807) is 24.3 Å². The van der Waals surface area contributed by atoms with Crippen molar-refractivity contribution in [3.63, 3.8) is 0 Å². The van der Waals surface area contributed by atoms with Crippen LogP contribution >= 0.6 is 11.3 Å². The van der Waals surface area contributed by atoms with Gasteiger partial charge in [0.25, 0.3) is 5.91 Å². The molecule has 0 aliphatic rings. The molecule has 0 atom stereocenters. The number of nitrogens with one attached hydrogen (secondary N) is 1. The van der Waals surface area contributed by atoms with Gasteiger partial charge in [-0.05, 0) is 48.6 Å². The standard InChI is InChI=1S/C16H17NO3S/c1-3-8-20-16(19)12-4-6-13(7-5-12)17-15(18)14-10-21-9-11(14)2/h4-7,9-10H,3,8H2,1-2H3,(H,17,18). The quantitative estimate of drug-likeness (QED) is 0.853. The summed E-state index contributed by atoms with van der Waals surface area (Å²) < 4.78 is 5.05. The summed E-state index contributed by atoms with van der Waals surface area (Å²) in [5.41, 5.74) is 2.76. The van der Waals surface area contributed by atoms with E-state index in [0.29, 0.717) is 23.4 Å². The molecular weight excluding hydrogens is 286 g/mol. The molecule has 1 aromatic carbocycles. The van der Waals surface area contributed by atoms with Crippen LogP contribution in [0.15, 0.2) is 35.0 Å². The summed E-state index contributed by atoms with van der Waals surface area (Å²) in [4.78, 5) is 23.7. The molecule has 0 bridgehead atoms. The van der Waals surface area contributed by atoms with Crippen LogP contribution in [0.4, 0.5) is 5.69 Å². The van der Waals surface area contributed by atoms with Crippen molar-refractivity contribution >= 4 is 28.9 Å². The number of rotatable bonds is 5. The van der Waals surface area contributed by atoms with Crippen molar-refractivity contribution in [1.29, 1.82) is 0 Å². The van der Waals surface area contributed by atoms with Crippen LogP contribution in [0.3, 0.4) is 0 Å². The molecule has 0 spiro atoms. The van der Waals surface area contributed by atoms with Gasteiger partial charge in [-0.2, -0.15) is 11.3 Å². The third-order valence-corrected chi connectivity index (χ3v) is 3.78. The normalized spacial score (nSPS) is 10.2.